The zero-order chi connectivity index (χ0) is 22.1. The Kier molecular flexibility index (Phi) is 8.19. The lowest BCUT2D eigenvalue weighted by Crippen LogP contribution is -2.39. The summed E-state index contributed by atoms with van der Waals surface area (Å²) in [6.45, 7) is -0.666. The van der Waals surface area contributed by atoms with E-state index in [0.717, 1.165) is 10.6 Å². The van der Waals surface area contributed by atoms with Crippen molar-refractivity contribution in [3.63, 3.8) is 0 Å². The molecule has 0 aliphatic heterocycles. The fourth-order valence-electron chi connectivity index (χ4n) is 2.23. The van der Waals surface area contributed by atoms with Gasteiger partial charge in [0.05, 0.1) is 25.3 Å². The summed E-state index contributed by atoms with van der Waals surface area (Å²) in [5.41, 5.74) is 3.20. The van der Waals surface area contributed by atoms with Gasteiger partial charge >= 0.3 is 5.97 Å². The third-order valence-electron chi connectivity index (χ3n) is 3.65. The van der Waals surface area contributed by atoms with E-state index >= 15 is 0 Å². The molecule has 2 rings (SSSR count). The molecule has 0 atom stereocenters. The van der Waals surface area contributed by atoms with Crippen LogP contribution >= 0.6 is 11.6 Å². The number of nitrogens with zero attached hydrogens (tertiary/aromatic N) is 2. The first kappa shape index (κ1) is 23.2. The van der Waals surface area contributed by atoms with Crippen LogP contribution in [0.1, 0.15) is 5.56 Å². The third kappa shape index (κ3) is 7.37. The summed E-state index contributed by atoms with van der Waals surface area (Å²) in [4.78, 5) is 23.2. The summed E-state index contributed by atoms with van der Waals surface area (Å²) in [6, 6.07) is 12.7. The van der Waals surface area contributed by atoms with Crippen LogP contribution in [-0.4, -0.2) is 53.0 Å². The Morgan fingerprint density at radius 2 is 1.90 bits per heavy atom. The molecular formula is C19H20ClN3O6S. The van der Waals surface area contributed by atoms with E-state index in [0.29, 0.717) is 16.3 Å². The van der Waals surface area contributed by atoms with Crippen molar-refractivity contribution in [1.29, 1.82) is 0 Å². The van der Waals surface area contributed by atoms with Crippen molar-refractivity contribution in [3.05, 3.63) is 59.1 Å². The average molecular weight is 454 g/mol. The molecule has 0 saturated carbocycles. The van der Waals surface area contributed by atoms with Gasteiger partial charge in [-0.15, -0.1) is 0 Å². The highest BCUT2D eigenvalue weighted by Gasteiger charge is 2.20. The molecule has 0 aliphatic carbocycles. The number of ether oxygens (including phenoxy) is 2. The number of halogens is 1. The molecule has 30 heavy (non-hydrogen) atoms. The van der Waals surface area contributed by atoms with Crippen LogP contribution < -0.4 is 14.5 Å². The summed E-state index contributed by atoms with van der Waals surface area (Å²) in [5.74, 6) is -0.661. The van der Waals surface area contributed by atoms with Gasteiger partial charge in [-0.2, -0.15) is 5.10 Å². The first-order valence-corrected chi connectivity index (χ1v) is 10.8. The Hall–Kier alpha value is -3.11. The molecule has 0 spiro atoms. The van der Waals surface area contributed by atoms with Crippen LogP contribution in [0.5, 0.6) is 5.75 Å². The largest absolute Gasteiger partial charge is 0.482 e. The molecule has 0 aliphatic rings. The SMILES string of the molecule is COC(=O)COc1ccc(/C=N\NC(=O)CN(c2cccc(Cl)c2)S(C)(=O)=O)cc1. The molecule has 0 radical (unpaired) electrons. The van der Waals surface area contributed by atoms with Crippen molar-refractivity contribution in [2.24, 2.45) is 5.10 Å². The van der Waals surface area contributed by atoms with Crippen molar-refractivity contribution >= 4 is 45.4 Å². The minimum Gasteiger partial charge on any atom is -0.482 e. The highest BCUT2D eigenvalue weighted by Crippen LogP contribution is 2.21. The van der Waals surface area contributed by atoms with Gasteiger partial charge in [-0.1, -0.05) is 17.7 Å². The molecule has 2 aromatic carbocycles. The second-order valence-corrected chi connectivity index (χ2v) is 8.32. The third-order valence-corrected chi connectivity index (χ3v) is 5.03. The molecule has 0 bridgehead atoms. The zero-order valence-electron chi connectivity index (χ0n) is 16.2. The minimum absolute atomic E-state index is 0.205. The zero-order valence-corrected chi connectivity index (χ0v) is 17.8. The topological polar surface area (TPSA) is 114 Å². The molecular weight excluding hydrogens is 434 g/mol. The average Bonchev–Trinajstić information content (AvgIpc) is 2.70. The van der Waals surface area contributed by atoms with Crippen LogP contribution in [0.4, 0.5) is 5.69 Å². The Labute approximate surface area is 179 Å². The lowest BCUT2D eigenvalue weighted by atomic mass is 10.2. The monoisotopic (exact) mass is 453 g/mol. The molecule has 9 nitrogen and oxygen atoms in total. The number of sulfonamides is 1. The highest BCUT2D eigenvalue weighted by molar-refractivity contribution is 7.92. The number of nitrogens with one attached hydrogen (secondary N) is 1. The van der Waals surface area contributed by atoms with Crippen molar-refractivity contribution in [2.75, 3.05) is 30.8 Å². The Balaban J connectivity index is 1.95. The number of amides is 1. The summed E-state index contributed by atoms with van der Waals surface area (Å²) in [7, 11) is -2.44. The number of carbonyl (C=O) groups excluding carboxylic acids is 2. The molecule has 0 aromatic heterocycles. The summed E-state index contributed by atoms with van der Waals surface area (Å²) in [5, 5.41) is 4.16. The van der Waals surface area contributed by atoms with Crippen LogP contribution in [0.15, 0.2) is 53.6 Å². The maximum absolute atomic E-state index is 12.2. The van der Waals surface area contributed by atoms with Gasteiger partial charge in [0.1, 0.15) is 12.3 Å². The van der Waals surface area contributed by atoms with E-state index in [1.165, 1.54) is 25.5 Å². The minimum atomic E-state index is -3.71. The fraction of sp³-hybridized carbons (Fsp3) is 0.211. The van der Waals surface area contributed by atoms with Crippen molar-refractivity contribution in [3.8, 4) is 5.75 Å². The number of anilines is 1. The smallest absolute Gasteiger partial charge is 0.343 e. The van der Waals surface area contributed by atoms with Crippen LogP contribution in [0.2, 0.25) is 5.02 Å². The van der Waals surface area contributed by atoms with Gasteiger partial charge in [-0.25, -0.2) is 18.6 Å². The molecule has 160 valence electrons. The number of rotatable bonds is 9. The van der Waals surface area contributed by atoms with Crippen LogP contribution in [0.25, 0.3) is 0 Å². The van der Waals surface area contributed by atoms with Crippen molar-refractivity contribution in [1.82, 2.24) is 5.43 Å². The van der Waals surface area contributed by atoms with E-state index in [1.807, 2.05) is 0 Å². The molecule has 0 saturated heterocycles. The molecule has 1 N–H and O–H groups in total. The van der Waals surface area contributed by atoms with Gasteiger partial charge in [0, 0.05) is 5.02 Å². The lowest BCUT2D eigenvalue weighted by Gasteiger charge is -2.21. The van der Waals surface area contributed by atoms with Gasteiger partial charge in [-0.05, 0) is 48.0 Å². The van der Waals surface area contributed by atoms with Crippen molar-refractivity contribution < 1.29 is 27.5 Å². The Morgan fingerprint density at radius 1 is 1.20 bits per heavy atom. The van der Waals surface area contributed by atoms with Gasteiger partial charge in [0.2, 0.25) is 10.0 Å². The summed E-state index contributed by atoms with van der Waals surface area (Å²) >= 11 is 5.90. The number of hydrogen-bond acceptors (Lipinski definition) is 7. The maximum Gasteiger partial charge on any atom is 0.343 e. The van der Waals surface area contributed by atoms with E-state index in [2.05, 4.69) is 15.3 Å². The summed E-state index contributed by atoms with van der Waals surface area (Å²) < 4.78 is 34.7. The number of carbonyl (C=O) groups is 2. The van der Waals surface area contributed by atoms with Gasteiger partial charge < -0.3 is 9.47 Å². The van der Waals surface area contributed by atoms with Gasteiger partial charge in [-0.3, -0.25) is 9.10 Å². The molecule has 11 heteroatoms. The normalized spacial score (nSPS) is 11.2. The summed E-state index contributed by atoms with van der Waals surface area (Å²) in [6.07, 6.45) is 2.38. The molecule has 0 unspecified atom stereocenters. The second-order valence-electron chi connectivity index (χ2n) is 5.98. The maximum atomic E-state index is 12.2. The quantitative estimate of drug-likeness (QED) is 0.352. The van der Waals surface area contributed by atoms with Crippen LogP contribution in [0.3, 0.4) is 0 Å². The van der Waals surface area contributed by atoms with Gasteiger partial charge in [0.25, 0.3) is 5.91 Å². The van der Waals surface area contributed by atoms with E-state index in [9.17, 15) is 18.0 Å². The van der Waals surface area contributed by atoms with Gasteiger partial charge in [0.15, 0.2) is 6.61 Å². The van der Waals surface area contributed by atoms with Crippen molar-refractivity contribution in [2.45, 2.75) is 0 Å². The molecule has 0 fully saturated rings. The van der Waals surface area contributed by atoms with E-state index in [4.69, 9.17) is 16.3 Å². The number of benzene rings is 2. The fourth-order valence-corrected chi connectivity index (χ4v) is 3.26. The number of hydrogen-bond donors (Lipinski definition) is 1. The second kappa shape index (κ2) is 10.6. The first-order chi connectivity index (χ1) is 14.2. The number of hydrazone groups is 1. The van der Waals surface area contributed by atoms with Crippen LogP contribution in [0, 0.1) is 0 Å². The predicted octanol–water partition coefficient (Wildman–Crippen LogP) is 1.81. The first-order valence-electron chi connectivity index (χ1n) is 8.54. The van der Waals surface area contributed by atoms with Crippen LogP contribution in [-0.2, 0) is 24.3 Å². The predicted molar refractivity (Wildman–Crippen MR) is 113 cm³/mol. The van der Waals surface area contributed by atoms with E-state index in [-0.39, 0.29) is 12.3 Å². The Morgan fingerprint density at radius 3 is 2.50 bits per heavy atom. The number of esters is 1. The Bertz CT molecular complexity index is 1020. The number of methoxy groups -OCH3 is 1. The lowest BCUT2D eigenvalue weighted by molar-refractivity contribution is -0.142. The standard InChI is InChI=1S/C19H20ClN3O6S/c1-28-19(25)13-29-17-8-6-14(7-9-17)11-21-22-18(24)12-23(30(2,26)27)16-5-3-4-15(20)10-16/h3-11H,12-13H2,1-2H3,(H,22,24)/b21-11-. The highest BCUT2D eigenvalue weighted by atomic mass is 35.5. The van der Waals surface area contributed by atoms with E-state index in [1.54, 1.807) is 36.4 Å². The molecule has 1 amide bonds. The van der Waals surface area contributed by atoms with E-state index < -0.39 is 28.4 Å². The molecule has 0 heterocycles. The molecule has 2 aromatic rings.